The number of carbonyl (C=O) groups is 1. The molecule has 0 bridgehead atoms. The number of carbonyl (C=O) groups excluding carboxylic acids is 1. The van der Waals surface area contributed by atoms with Crippen LogP contribution in [0.3, 0.4) is 0 Å². The minimum Gasteiger partial charge on any atom is -0.316 e. The number of piperidine rings is 1. The molecule has 2 unspecified atom stereocenters. The molecule has 0 saturated carbocycles. The number of anilines is 1. The first kappa shape index (κ1) is 14.2. The first-order valence-electron chi connectivity index (χ1n) is 6.63. The van der Waals surface area contributed by atoms with Crippen LogP contribution in [-0.4, -0.2) is 29.0 Å². The van der Waals surface area contributed by atoms with Crippen molar-refractivity contribution < 1.29 is 4.79 Å². The van der Waals surface area contributed by atoms with Crippen LogP contribution in [0.25, 0.3) is 0 Å². The van der Waals surface area contributed by atoms with Gasteiger partial charge in [0.05, 0.1) is 0 Å². The Morgan fingerprint density at radius 3 is 3.16 bits per heavy atom. The number of nitrogens with zero attached hydrogens (tertiary/aromatic N) is 2. The Balaban J connectivity index is 1.83. The molecule has 1 aromatic rings. The van der Waals surface area contributed by atoms with Gasteiger partial charge in [-0.15, -0.1) is 0 Å². The van der Waals surface area contributed by atoms with Gasteiger partial charge in [-0.1, -0.05) is 18.5 Å². The van der Waals surface area contributed by atoms with E-state index in [0.29, 0.717) is 29.2 Å². The minimum absolute atomic E-state index is 0.0205. The Bertz CT molecular complexity index is 434. The van der Waals surface area contributed by atoms with E-state index < -0.39 is 0 Å². The van der Waals surface area contributed by atoms with Crippen molar-refractivity contribution >= 4 is 23.3 Å². The Kier molecular flexibility index (Phi) is 5.10. The Labute approximate surface area is 118 Å². The highest BCUT2D eigenvalue weighted by Gasteiger charge is 2.22. The molecule has 2 atom stereocenters. The van der Waals surface area contributed by atoms with Gasteiger partial charge in [-0.2, -0.15) is 0 Å². The zero-order valence-corrected chi connectivity index (χ0v) is 11.8. The predicted octanol–water partition coefficient (Wildman–Crippen LogP) is 2.09. The zero-order chi connectivity index (χ0) is 13.7. The van der Waals surface area contributed by atoms with Gasteiger partial charge in [-0.25, -0.2) is 9.97 Å². The molecular weight excluding hydrogens is 264 g/mol. The lowest BCUT2D eigenvalue weighted by Gasteiger charge is -2.27. The lowest BCUT2D eigenvalue weighted by atomic mass is 9.85. The summed E-state index contributed by atoms with van der Waals surface area (Å²) in [7, 11) is 0. The Morgan fingerprint density at radius 2 is 2.47 bits per heavy atom. The first-order valence-corrected chi connectivity index (χ1v) is 7.01. The summed E-state index contributed by atoms with van der Waals surface area (Å²) in [4.78, 5) is 19.7. The molecule has 1 amide bonds. The van der Waals surface area contributed by atoms with Crippen molar-refractivity contribution in [3.63, 3.8) is 0 Å². The molecule has 0 radical (unpaired) electrons. The summed E-state index contributed by atoms with van der Waals surface area (Å²) >= 11 is 5.75. The van der Waals surface area contributed by atoms with E-state index in [9.17, 15) is 4.79 Å². The van der Waals surface area contributed by atoms with Crippen LogP contribution in [0.1, 0.15) is 26.2 Å². The van der Waals surface area contributed by atoms with E-state index in [0.717, 1.165) is 13.1 Å². The van der Waals surface area contributed by atoms with Crippen molar-refractivity contribution in [3.05, 3.63) is 17.5 Å². The Morgan fingerprint density at radius 1 is 1.63 bits per heavy atom. The smallest absolute Gasteiger partial charge is 0.225 e. The molecule has 2 rings (SSSR count). The molecule has 2 heterocycles. The molecule has 6 heteroatoms. The van der Waals surface area contributed by atoms with Gasteiger partial charge in [0.2, 0.25) is 5.91 Å². The molecule has 19 heavy (non-hydrogen) atoms. The summed E-state index contributed by atoms with van der Waals surface area (Å²) in [5.41, 5.74) is 0. The lowest BCUT2D eigenvalue weighted by molar-refractivity contribution is -0.117. The average Bonchev–Trinajstić information content (AvgIpc) is 2.39. The highest BCUT2D eigenvalue weighted by atomic mass is 35.5. The average molecular weight is 283 g/mol. The number of hydrogen-bond donors (Lipinski definition) is 2. The molecular formula is C13H19ClN4O. The second-order valence-electron chi connectivity index (χ2n) is 5.06. The van der Waals surface area contributed by atoms with E-state index >= 15 is 0 Å². The van der Waals surface area contributed by atoms with E-state index in [4.69, 9.17) is 11.6 Å². The SMILES string of the molecule is CC(CC(=O)Nc1cc(Cl)ncn1)C1CCCNC1. The molecule has 0 aromatic carbocycles. The molecule has 0 aliphatic carbocycles. The third-order valence-corrected chi connectivity index (χ3v) is 3.76. The normalized spacial score (nSPS) is 20.8. The van der Waals surface area contributed by atoms with Crippen molar-refractivity contribution in [2.75, 3.05) is 18.4 Å². The quantitative estimate of drug-likeness (QED) is 0.830. The topological polar surface area (TPSA) is 66.9 Å². The van der Waals surface area contributed by atoms with Crippen molar-refractivity contribution in [1.82, 2.24) is 15.3 Å². The highest BCUT2D eigenvalue weighted by Crippen LogP contribution is 2.22. The summed E-state index contributed by atoms with van der Waals surface area (Å²) in [5.74, 6) is 1.38. The summed E-state index contributed by atoms with van der Waals surface area (Å²) in [6, 6.07) is 1.55. The van der Waals surface area contributed by atoms with Crippen molar-refractivity contribution in [1.29, 1.82) is 0 Å². The fourth-order valence-corrected chi connectivity index (χ4v) is 2.57. The number of amides is 1. The number of nitrogens with one attached hydrogen (secondary N) is 2. The van der Waals surface area contributed by atoms with E-state index in [2.05, 4.69) is 27.5 Å². The fraction of sp³-hybridized carbons (Fsp3) is 0.615. The largest absolute Gasteiger partial charge is 0.316 e. The van der Waals surface area contributed by atoms with Gasteiger partial charge in [0.15, 0.2) is 0 Å². The first-order chi connectivity index (χ1) is 9.15. The second-order valence-corrected chi connectivity index (χ2v) is 5.45. The van der Waals surface area contributed by atoms with Crippen LogP contribution in [0.15, 0.2) is 12.4 Å². The summed E-state index contributed by atoms with van der Waals surface area (Å²) in [5, 5.41) is 6.46. The Hall–Kier alpha value is -1.20. The maximum Gasteiger partial charge on any atom is 0.225 e. The maximum absolute atomic E-state index is 11.9. The van der Waals surface area contributed by atoms with Crippen molar-refractivity contribution in [2.24, 2.45) is 11.8 Å². The molecule has 0 spiro atoms. The standard InChI is InChI=1S/C13H19ClN4O/c1-9(10-3-2-4-15-7-10)5-13(19)18-12-6-11(14)16-8-17-12/h6,8-10,15H,2-5,7H2,1H3,(H,16,17,18,19). The monoisotopic (exact) mass is 282 g/mol. The van der Waals surface area contributed by atoms with Crippen LogP contribution >= 0.6 is 11.6 Å². The van der Waals surface area contributed by atoms with E-state index in [1.165, 1.54) is 19.2 Å². The van der Waals surface area contributed by atoms with Crippen LogP contribution in [0.4, 0.5) is 5.82 Å². The van der Waals surface area contributed by atoms with Gasteiger partial charge in [-0.3, -0.25) is 4.79 Å². The number of halogens is 1. The third kappa shape index (κ3) is 4.44. The van der Waals surface area contributed by atoms with Gasteiger partial charge in [0.1, 0.15) is 17.3 Å². The van der Waals surface area contributed by atoms with Gasteiger partial charge >= 0.3 is 0 Å². The number of hydrogen-bond acceptors (Lipinski definition) is 4. The number of rotatable bonds is 4. The lowest BCUT2D eigenvalue weighted by Crippen LogP contribution is -2.34. The van der Waals surface area contributed by atoms with Crippen LogP contribution < -0.4 is 10.6 Å². The van der Waals surface area contributed by atoms with Crippen LogP contribution in [0.2, 0.25) is 5.15 Å². The third-order valence-electron chi connectivity index (χ3n) is 3.55. The second kappa shape index (κ2) is 6.82. The van der Waals surface area contributed by atoms with Crippen LogP contribution in [0.5, 0.6) is 0 Å². The molecule has 5 nitrogen and oxygen atoms in total. The highest BCUT2D eigenvalue weighted by molar-refractivity contribution is 6.29. The maximum atomic E-state index is 11.9. The van der Waals surface area contributed by atoms with E-state index in [1.807, 2.05) is 0 Å². The fourth-order valence-electron chi connectivity index (χ4n) is 2.42. The molecule has 104 valence electrons. The predicted molar refractivity (Wildman–Crippen MR) is 75.0 cm³/mol. The van der Waals surface area contributed by atoms with E-state index in [-0.39, 0.29) is 5.91 Å². The minimum atomic E-state index is -0.0205. The van der Waals surface area contributed by atoms with Crippen LogP contribution in [0, 0.1) is 11.8 Å². The number of aromatic nitrogens is 2. The molecule has 1 aliphatic rings. The molecule has 2 N–H and O–H groups in total. The molecule has 1 aromatic heterocycles. The van der Waals surface area contributed by atoms with Crippen LogP contribution in [-0.2, 0) is 4.79 Å². The van der Waals surface area contributed by atoms with Gasteiger partial charge in [0.25, 0.3) is 0 Å². The zero-order valence-electron chi connectivity index (χ0n) is 11.0. The van der Waals surface area contributed by atoms with Gasteiger partial charge in [-0.05, 0) is 37.8 Å². The van der Waals surface area contributed by atoms with Crippen molar-refractivity contribution in [3.8, 4) is 0 Å². The molecule has 1 aliphatic heterocycles. The van der Waals surface area contributed by atoms with Crippen molar-refractivity contribution in [2.45, 2.75) is 26.2 Å². The molecule has 1 fully saturated rings. The van der Waals surface area contributed by atoms with E-state index in [1.54, 1.807) is 6.07 Å². The van der Waals surface area contributed by atoms with Gasteiger partial charge < -0.3 is 10.6 Å². The summed E-state index contributed by atoms with van der Waals surface area (Å²) < 4.78 is 0. The summed E-state index contributed by atoms with van der Waals surface area (Å²) in [6.45, 7) is 4.23. The molecule has 1 saturated heterocycles. The van der Waals surface area contributed by atoms with Gasteiger partial charge in [0, 0.05) is 12.5 Å². The summed E-state index contributed by atoms with van der Waals surface area (Å²) in [6.07, 6.45) is 4.24.